The fourth-order valence-electron chi connectivity index (χ4n) is 2.12. The Morgan fingerprint density at radius 2 is 1.57 bits per heavy atom. The summed E-state index contributed by atoms with van der Waals surface area (Å²) in [5, 5.41) is 6.05. The zero-order chi connectivity index (χ0) is 16.1. The Balaban J connectivity index is 1.65. The Kier molecular flexibility index (Phi) is 4.34. The van der Waals surface area contributed by atoms with Gasteiger partial charge in [0.1, 0.15) is 5.82 Å². The largest absolute Gasteiger partial charge is 0.340 e. The average molecular weight is 303 g/mol. The van der Waals surface area contributed by atoms with Gasteiger partial charge >= 0.3 is 0 Å². The van der Waals surface area contributed by atoms with E-state index in [0.717, 1.165) is 11.5 Å². The molecule has 114 valence electrons. The molecule has 2 aromatic carbocycles. The molecule has 1 amide bonds. The molecule has 0 unspecified atom stereocenters. The Morgan fingerprint density at radius 1 is 0.870 bits per heavy atom. The van der Waals surface area contributed by atoms with Gasteiger partial charge in [-0.25, -0.2) is 4.98 Å². The zero-order valence-corrected chi connectivity index (χ0v) is 12.8. The van der Waals surface area contributed by atoms with E-state index in [1.54, 1.807) is 18.3 Å². The van der Waals surface area contributed by atoms with Crippen LogP contribution in [0.15, 0.2) is 72.9 Å². The standard InChI is InChI=1S/C19H17N3O/c1-14-7-9-16(10-8-14)21-18-12-11-17(13-20-18)22-19(23)15-5-3-2-4-6-15/h2-13H,1H3,(H,20,21)(H,22,23). The molecule has 0 aliphatic rings. The summed E-state index contributed by atoms with van der Waals surface area (Å²) in [6.45, 7) is 2.05. The van der Waals surface area contributed by atoms with Crippen LogP contribution in [0.2, 0.25) is 0 Å². The van der Waals surface area contributed by atoms with Crippen LogP contribution >= 0.6 is 0 Å². The first-order chi connectivity index (χ1) is 11.2. The Morgan fingerprint density at radius 3 is 2.22 bits per heavy atom. The average Bonchev–Trinajstić information content (AvgIpc) is 2.59. The predicted molar refractivity (Wildman–Crippen MR) is 93.1 cm³/mol. The number of nitrogens with one attached hydrogen (secondary N) is 2. The lowest BCUT2D eigenvalue weighted by Gasteiger charge is -2.08. The van der Waals surface area contributed by atoms with Gasteiger partial charge in [-0.2, -0.15) is 0 Å². The van der Waals surface area contributed by atoms with Gasteiger partial charge in [-0.3, -0.25) is 4.79 Å². The van der Waals surface area contributed by atoms with Crippen molar-refractivity contribution in [2.75, 3.05) is 10.6 Å². The summed E-state index contributed by atoms with van der Waals surface area (Å²) in [4.78, 5) is 16.4. The van der Waals surface area contributed by atoms with E-state index in [1.807, 2.05) is 61.5 Å². The van der Waals surface area contributed by atoms with Crippen molar-refractivity contribution < 1.29 is 4.79 Å². The van der Waals surface area contributed by atoms with Crippen LogP contribution in [-0.2, 0) is 0 Å². The molecule has 0 bridgehead atoms. The molecule has 0 spiro atoms. The van der Waals surface area contributed by atoms with Crippen LogP contribution < -0.4 is 10.6 Å². The van der Waals surface area contributed by atoms with Gasteiger partial charge < -0.3 is 10.6 Å². The zero-order valence-electron chi connectivity index (χ0n) is 12.8. The van der Waals surface area contributed by atoms with Crippen molar-refractivity contribution in [1.29, 1.82) is 0 Å². The van der Waals surface area contributed by atoms with Crippen molar-refractivity contribution in [3.05, 3.63) is 84.1 Å². The lowest BCUT2D eigenvalue weighted by Crippen LogP contribution is -2.11. The minimum Gasteiger partial charge on any atom is -0.340 e. The number of amides is 1. The maximum absolute atomic E-state index is 12.1. The SMILES string of the molecule is Cc1ccc(Nc2ccc(NC(=O)c3ccccc3)cn2)cc1. The number of anilines is 3. The van der Waals surface area contributed by atoms with Crippen LogP contribution in [0.5, 0.6) is 0 Å². The second-order valence-corrected chi connectivity index (χ2v) is 5.24. The van der Waals surface area contributed by atoms with Crippen molar-refractivity contribution >= 4 is 23.1 Å². The van der Waals surface area contributed by atoms with E-state index in [4.69, 9.17) is 0 Å². The molecular formula is C19H17N3O. The first kappa shape index (κ1) is 14.8. The van der Waals surface area contributed by atoms with Gasteiger partial charge in [-0.15, -0.1) is 0 Å². The molecule has 0 saturated carbocycles. The topological polar surface area (TPSA) is 54.0 Å². The lowest BCUT2D eigenvalue weighted by atomic mass is 10.2. The van der Waals surface area contributed by atoms with Crippen LogP contribution in [0.1, 0.15) is 15.9 Å². The minimum atomic E-state index is -0.147. The molecule has 0 saturated heterocycles. The molecule has 2 N–H and O–H groups in total. The predicted octanol–water partition coefficient (Wildman–Crippen LogP) is 4.39. The molecule has 3 rings (SSSR count). The van der Waals surface area contributed by atoms with E-state index in [-0.39, 0.29) is 5.91 Å². The van der Waals surface area contributed by atoms with Crippen molar-refractivity contribution in [3.8, 4) is 0 Å². The second-order valence-electron chi connectivity index (χ2n) is 5.24. The summed E-state index contributed by atoms with van der Waals surface area (Å²) in [5.74, 6) is 0.582. The molecule has 0 radical (unpaired) electrons. The summed E-state index contributed by atoms with van der Waals surface area (Å²) in [5.41, 5.74) is 3.47. The molecule has 1 heterocycles. The summed E-state index contributed by atoms with van der Waals surface area (Å²) in [7, 11) is 0. The van der Waals surface area contributed by atoms with E-state index in [9.17, 15) is 4.79 Å². The molecular weight excluding hydrogens is 286 g/mol. The van der Waals surface area contributed by atoms with Crippen LogP contribution in [0, 0.1) is 6.92 Å². The molecule has 0 atom stereocenters. The van der Waals surface area contributed by atoms with E-state index in [1.165, 1.54) is 5.56 Å². The number of carbonyl (C=O) groups excluding carboxylic acids is 1. The molecule has 0 aliphatic heterocycles. The van der Waals surface area contributed by atoms with E-state index in [2.05, 4.69) is 15.6 Å². The van der Waals surface area contributed by atoms with Crippen molar-refractivity contribution in [3.63, 3.8) is 0 Å². The van der Waals surface area contributed by atoms with Gasteiger partial charge in [0, 0.05) is 11.3 Å². The van der Waals surface area contributed by atoms with E-state index >= 15 is 0 Å². The number of aryl methyl sites for hydroxylation is 1. The van der Waals surface area contributed by atoms with Gasteiger partial charge in [0.05, 0.1) is 11.9 Å². The molecule has 3 aromatic rings. The smallest absolute Gasteiger partial charge is 0.255 e. The number of carbonyl (C=O) groups is 1. The summed E-state index contributed by atoms with van der Waals surface area (Å²) < 4.78 is 0. The number of hydrogen-bond donors (Lipinski definition) is 2. The van der Waals surface area contributed by atoms with Crippen LogP contribution in [0.4, 0.5) is 17.2 Å². The Labute approximate surface area is 135 Å². The number of hydrogen-bond acceptors (Lipinski definition) is 3. The Hall–Kier alpha value is -3.14. The van der Waals surface area contributed by atoms with Crippen LogP contribution in [0.25, 0.3) is 0 Å². The van der Waals surface area contributed by atoms with E-state index < -0.39 is 0 Å². The van der Waals surface area contributed by atoms with Gasteiger partial charge in [0.15, 0.2) is 0 Å². The fourth-order valence-corrected chi connectivity index (χ4v) is 2.12. The molecule has 1 aromatic heterocycles. The maximum Gasteiger partial charge on any atom is 0.255 e. The first-order valence-electron chi connectivity index (χ1n) is 7.37. The summed E-state index contributed by atoms with van der Waals surface area (Å²) in [6.07, 6.45) is 1.64. The third-order valence-corrected chi connectivity index (χ3v) is 3.38. The van der Waals surface area contributed by atoms with Crippen molar-refractivity contribution in [1.82, 2.24) is 4.98 Å². The molecule has 4 nitrogen and oxygen atoms in total. The fraction of sp³-hybridized carbons (Fsp3) is 0.0526. The number of pyridine rings is 1. The highest BCUT2D eigenvalue weighted by Crippen LogP contribution is 2.17. The first-order valence-corrected chi connectivity index (χ1v) is 7.37. The normalized spacial score (nSPS) is 10.1. The monoisotopic (exact) mass is 303 g/mol. The molecule has 0 fully saturated rings. The Bertz CT molecular complexity index is 781. The second kappa shape index (κ2) is 6.75. The summed E-state index contributed by atoms with van der Waals surface area (Å²) in [6, 6.07) is 20.8. The van der Waals surface area contributed by atoms with Gasteiger partial charge in [0.25, 0.3) is 5.91 Å². The number of rotatable bonds is 4. The molecule has 4 heteroatoms. The van der Waals surface area contributed by atoms with Crippen molar-refractivity contribution in [2.24, 2.45) is 0 Å². The maximum atomic E-state index is 12.1. The highest BCUT2D eigenvalue weighted by molar-refractivity contribution is 6.04. The number of nitrogens with zero attached hydrogens (tertiary/aromatic N) is 1. The lowest BCUT2D eigenvalue weighted by molar-refractivity contribution is 0.102. The van der Waals surface area contributed by atoms with Gasteiger partial charge in [-0.1, -0.05) is 35.9 Å². The quantitative estimate of drug-likeness (QED) is 0.751. The number of aromatic nitrogens is 1. The van der Waals surface area contributed by atoms with Crippen LogP contribution in [0.3, 0.4) is 0 Å². The van der Waals surface area contributed by atoms with Crippen LogP contribution in [-0.4, -0.2) is 10.9 Å². The van der Waals surface area contributed by atoms with Crippen molar-refractivity contribution in [2.45, 2.75) is 6.92 Å². The molecule has 23 heavy (non-hydrogen) atoms. The number of benzene rings is 2. The molecule has 0 aliphatic carbocycles. The highest BCUT2D eigenvalue weighted by atomic mass is 16.1. The highest BCUT2D eigenvalue weighted by Gasteiger charge is 2.05. The van der Waals surface area contributed by atoms with E-state index in [0.29, 0.717) is 11.3 Å². The van der Waals surface area contributed by atoms with Gasteiger partial charge in [-0.05, 0) is 43.3 Å². The third-order valence-electron chi connectivity index (χ3n) is 3.38. The third kappa shape index (κ3) is 3.95. The minimum absolute atomic E-state index is 0.147. The van der Waals surface area contributed by atoms with Gasteiger partial charge in [0.2, 0.25) is 0 Å². The summed E-state index contributed by atoms with van der Waals surface area (Å²) >= 11 is 0.